The van der Waals surface area contributed by atoms with Crippen LogP contribution in [0.3, 0.4) is 0 Å². The standard InChI is InChI=1S/C29H60NO4.ClH/c1-7-8-9-10-11-12-14-19-28(27-17-15-13-16-18-27)20-22-33-29(26(2)31-6)34-25-24-32-23-21-30(3,4)5;/h26-29H,7-25H2,1-6H3;1H/q+1;/p-1. The lowest BCUT2D eigenvalue weighted by molar-refractivity contribution is -0.870. The third kappa shape index (κ3) is 18.9. The van der Waals surface area contributed by atoms with E-state index in [1.165, 1.54) is 83.5 Å². The maximum absolute atomic E-state index is 6.24. The molecule has 1 aliphatic rings. The van der Waals surface area contributed by atoms with Crippen LogP contribution in [0.1, 0.15) is 104 Å². The van der Waals surface area contributed by atoms with Crippen molar-refractivity contribution in [1.29, 1.82) is 0 Å². The van der Waals surface area contributed by atoms with Crippen molar-refractivity contribution < 1.29 is 35.8 Å². The summed E-state index contributed by atoms with van der Waals surface area (Å²) in [7, 11) is 8.27. The van der Waals surface area contributed by atoms with E-state index in [4.69, 9.17) is 18.9 Å². The quantitative estimate of drug-likeness (QED) is 0.123. The van der Waals surface area contributed by atoms with Crippen LogP contribution in [-0.2, 0) is 18.9 Å². The van der Waals surface area contributed by atoms with Crippen molar-refractivity contribution >= 4 is 0 Å². The van der Waals surface area contributed by atoms with E-state index in [9.17, 15) is 0 Å². The van der Waals surface area contributed by atoms with Gasteiger partial charge in [0.05, 0.1) is 47.6 Å². The van der Waals surface area contributed by atoms with Gasteiger partial charge in [-0.1, -0.05) is 90.4 Å². The first kappa shape index (κ1) is 35.1. The average molecular weight is 522 g/mol. The van der Waals surface area contributed by atoms with Gasteiger partial charge in [-0.15, -0.1) is 0 Å². The molecule has 1 rings (SSSR count). The molecule has 0 heterocycles. The van der Waals surface area contributed by atoms with Crippen LogP contribution >= 0.6 is 0 Å². The SMILES string of the molecule is CCCCCCCCCC(CCOC(OCCOCC[N+](C)(C)C)C(C)OC)C1CCCCC1.[Cl-]. The highest BCUT2D eigenvalue weighted by molar-refractivity contribution is 4.74. The minimum atomic E-state index is -0.322. The van der Waals surface area contributed by atoms with Gasteiger partial charge in [0.1, 0.15) is 12.6 Å². The van der Waals surface area contributed by atoms with Crippen LogP contribution in [-0.4, -0.2) is 78.1 Å². The fourth-order valence-electron chi connectivity index (χ4n) is 5.01. The van der Waals surface area contributed by atoms with E-state index in [2.05, 4.69) is 28.1 Å². The summed E-state index contributed by atoms with van der Waals surface area (Å²) in [6.07, 6.45) is 19.0. The number of methoxy groups -OCH3 is 1. The van der Waals surface area contributed by atoms with Crippen molar-refractivity contribution in [2.45, 2.75) is 116 Å². The highest BCUT2D eigenvalue weighted by Gasteiger charge is 2.25. The van der Waals surface area contributed by atoms with Gasteiger partial charge in [-0.05, 0) is 25.2 Å². The first-order valence-electron chi connectivity index (χ1n) is 14.5. The number of rotatable bonds is 22. The number of halogens is 1. The van der Waals surface area contributed by atoms with Crippen LogP contribution in [0.5, 0.6) is 0 Å². The molecule has 0 N–H and O–H groups in total. The molecule has 0 aliphatic heterocycles. The summed E-state index contributed by atoms with van der Waals surface area (Å²) in [6, 6.07) is 0. The summed E-state index contributed by atoms with van der Waals surface area (Å²) in [5.41, 5.74) is 0. The van der Waals surface area contributed by atoms with Crippen molar-refractivity contribution in [3.8, 4) is 0 Å². The zero-order chi connectivity index (χ0) is 25.1. The smallest absolute Gasteiger partial charge is 0.183 e. The Labute approximate surface area is 225 Å². The van der Waals surface area contributed by atoms with Crippen molar-refractivity contribution in [1.82, 2.24) is 0 Å². The number of hydrogen-bond donors (Lipinski definition) is 0. The average Bonchev–Trinajstić information content (AvgIpc) is 2.82. The van der Waals surface area contributed by atoms with Crippen molar-refractivity contribution in [2.24, 2.45) is 11.8 Å². The number of unbranched alkanes of at least 4 members (excludes halogenated alkanes) is 6. The molecule has 0 aromatic carbocycles. The Hall–Kier alpha value is 0.0900. The molecular weight excluding hydrogens is 462 g/mol. The Bertz CT molecular complexity index is 454. The Morgan fingerprint density at radius 1 is 0.771 bits per heavy atom. The largest absolute Gasteiger partial charge is 1.00 e. The molecule has 0 radical (unpaired) electrons. The first-order chi connectivity index (χ1) is 16.4. The zero-order valence-electron chi connectivity index (χ0n) is 24.2. The van der Waals surface area contributed by atoms with Gasteiger partial charge in [0, 0.05) is 7.11 Å². The third-order valence-corrected chi connectivity index (χ3v) is 7.44. The molecule has 6 heteroatoms. The number of hydrogen-bond acceptors (Lipinski definition) is 4. The van der Waals surface area contributed by atoms with E-state index < -0.39 is 0 Å². The second kappa shape index (κ2) is 22.1. The van der Waals surface area contributed by atoms with Gasteiger partial charge in [-0.25, -0.2) is 0 Å². The molecule has 0 bridgehead atoms. The molecule has 0 saturated heterocycles. The van der Waals surface area contributed by atoms with E-state index in [1.54, 1.807) is 7.11 Å². The van der Waals surface area contributed by atoms with E-state index in [0.29, 0.717) is 13.2 Å². The summed E-state index contributed by atoms with van der Waals surface area (Å²) >= 11 is 0. The molecule has 0 aromatic heterocycles. The highest BCUT2D eigenvalue weighted by atomic mass is 35.5. The van der Waals surface area contributed by atoms with Crippen LogP contribution < -0.4 is 12.4 Å². The van der Waals surface area contributed by atoms with E-state index in [1.807, 2.05) is 6.92 Å². The molecule has 0 aromatic rings. The van der Waals surface area contributed by atoms with Crippen molar-refractivity contribution in [3.63, 3.8) is 0 Å². The predicted octanol–water partition coefficient (Wildman–Crippen LogP) is 3.83. The molecule has 35 heavy (non-hydrogen) atoms. The number of likely N-dealkylation sites (N-methyl/N-ethyl adjacent to an activating group) is 1. The number of quaternary nitrogens is 1. The number of ether oxygens (including phenoxy) is 4. The Morgan fingerprint density at radius 3 is 2.03 bits per heavy atom. The summed E-state index contributed by atoms with van der Waals surface area (Å²) in [5, 5.41) is 0. The first-order valence-corrected chi connectivity index (χ1v) is 14.5. The minimum absolute atomic E-state index is 0. The monoisotopic (exact) mass is 521 g/mol. The van der Waals surface area contributed by atoms with Gasteiger partial charge in [-0.3, -0.25) is 0 Å². The van der Waals surface area contributed by atoms with E-state index in [0.717, 1.165) is 42.5 Å². The predicted molar refractivity (Wildman–Crippen MR) is 143 cm³/mol. The van der Waals surface area contributed by atoms with Gasteiger partial charge in [0.2, 0.25) is 0 Å². The van der Waals surface area contributed by atoms with Crippen molar-refractivity contribution in [2.75, 3.05) is 61.2 Å². The van der Waals surface area contributed by atoms with Crippen LogP contribution in [0, 0.1) is 11.8 Å². The second-order valence-electron chi connectivity index (χ2n) is 11.5. The summed E-state index contributed by atoms with van der Waals surface area (Å²) in [5.74, 6) is 1.69. The summed E-state index contributed by atoms with van der Waals surface area (Å²) < 4.78 is 24.5. The zero-order valence-corrected chi connectivity index (χ0v) is 25.0. The molecule has 212 valence electrons. The molecule has 1 saturated carbocycles. The fraction of sp³-hybridized carbons (Fsp3) is 1.00. The molecule has 1 fully saturated rings. The maximum atomic E-state index is 6.24. The second-order valence-corrected chi connectivity index (χ2v) is 11.5. The summed E-state index contributed by atoms with van der Waals surface area (Å²) in [4.78, 5) is 0. The van der Waals surface area contributed by atoms with E-state index >= 15 is 0 Å². The lowest BCUT2D eigenvalue weighted by Crippen LogP contribution is -3.00. The maximum Gasteiger partial charge on any atom is 0.183 e. The number of nitrogens with zero attached hydrogens (tertiary/aromatic N) is 1. The molecule has 1 aliphatic carbocycles. The van der Waals surface area contributed by atoms with Crippen LogP contribution in [0.2, 0.25) is 0 Å². The Morgan fingerprint density at radius 2 is 1.40 bits per heavy atom. The lowest BCUT2D eigenvalue weighted by Gasteiger charge is -2.31. The fourth-order valence-corrected chi connectivity index (χ4v) is 5.01. The van der Waals surface area contributed by atoms with Gasteiger partial charge < -0.3 is 35.8 Å². The van der Waals surface area contributed by atoms with Crippen LogP contribution in [0.25, 0.3) is 0 Å². The molecule has 0 spiro atoms. The normalized spacial score (nSPS) is 17.7. The molecule has 0 amide bonds. The Kier molecular flexibility index (Phi) is 22.2. The topological polar surface area (TPSA) is 36.9 Å². The van der Waals surface area contributed by atoms with Gasteiger partial charge >= 0.3 is 0 Å². The minimum Gasteiger partial charge on any atom is -1.00 e. The van der Waals surface area contributed by atoms with E-state index in [-0.39, 0.29) is 24.8 Å². The van der Waals surface area contributed by atoms with Gasteiger partial charge in [0.15, 0.2) is 6.29 Å². The molecule has 3 unspecified atom stereocenters. The van der Waals surface area contributed by atoms with Crippen LogP contribution in [0.15, 0.2) is 0 Å². The van der Waals surface area contributed by atoms with Crippen LogP contribution in [0.4, 0.5) is 0 Å². The molecule has 5 nitrogen and oxygen atoms in total. The third-order valence-electron chi connectivity index (χ3n) is 7.44. The summed E-state index contributed by atoms with van der Waals surface area (Å²) in [6.45, 7) is 7.97. The van der Waals surface area contributed by atoms with Gasteiger partial charge in [0.25, 0.3) is 0 Å². The molecular formula is C29H60ClNO4. The van der Waals surface area contributed by atoms with Crippen molar-refractivity contribution in [3.05, 3.63) is 0 Å². The Balaban J connectivity index is 0.0000116. The van der Waals surface area contributed by atoms with Gasteiger partial charge in [-0.2, -0.15) is 0 Å². The highest BCUT2D eigenvalue weighted by Crippen LogP contribution is 2.35. The lowest BCUT2D eigenvalue weighted by atomic mass is 9.76. The molecule has 3 atom stereocenters.